The summed E-state index contributed by atoms with van der Waals surface area (Å²) < 4.78 is 1.83. The molecule has 1 aromatic heterocycles. The van der Waals surface area contributed by atoms with E-state index in [-0.39, 0.29) is 23.9 Å². The van der Waals surface area contributed by atoms with E-state index in [4.69, 9.17) is 5.73 Å². The maximum atomic E-state index is 12.4. The summed E-state index contributed by atoms with van der Waals surface area (Å²) in [6.07, 6.45) is 3.62. The maximum Gasteiger partial charge on any atom is 0.242 e. The number of nitrogens with zero attached hydrogens (tertiary/aromatic N) is 2. The van der Waals surface area contributed by atoms with E-state index in [1.807, 2.05) is 27.7 Å². The summed E-state index contributed by atoms with van der Waals surface area (Å²) >= 11 is 0. The molecule has 1 aromatic carbocycles. The zero-order valence-electron chi connectivity index (χ0n) is 11.9. The minimum Gasteiger partial charge on any atom is -0.340 e. The fraction of sp³-hybridized carbons (Fsp3) is 0.375. The first-order valence-corrected chi connectivity index (χ1v) is 7.27. The Hall–Kier alpha value is -2.14. The molecule has 1 saturated heterocycles. The van der Waals surface area contributed by atoms with E-state index in [0.717, 1.165) is 24.9 Å². The van der Waals surface area contributed by atoms with Crippen LogP contribution in [0.1, 0.15) is 12.8 Å². The number of hydrogen-bond acceptors (Lipinski definition) is 3. The Balaban J connectivity index is 1.86. The van der Waals surface area contributed by atoms with Crippen molar-refractivity contribution in [2.75, 3.05) is 13.1 Å². The predicted octanol–water partition coefficient (Wildman–Crippen LogP) is 0.951. The van der Waals surface area contributed by atoms with Crippen molar-refractivity contribution in [3.8, 4) is 0 Å². The highest BCUT2D eigenvalue weighted by atomic mass is 16.2. The molecule has 0 saturated carbocycles. The van der Waals surface area contributed by atoms with E-state index in [1.165, 1.54) is 6.07 Å². The van der Waals surface area contributed by atoms with Crippen LogP contribution in [-0.4, -0.2) is 34.5 Å². The fourth-order valence-corrected chi connectivity index (χ4v) is 2.88. The average molecular weight is 285 g/mol. The summed E-state index contributed by atoms with van der Waals surface area (Å²) in [5.74, 6) is 0.0546. The summed E-state index contributed by atoms with van der Waals surface area (Å²) in [5.41, 5.74) is 6.70. The molecule has 2 heterocycles. The lowest BCUT2D eigenvalue weighted by Crippen LogP contribution is -2.46. The van der Waals surface area contributed by atoms with Crippen molar-refractivity contribution in [2.24, 2.45) is 5.73 Å². The SMILES string of the molecule is N[C@@H]1CCCN(C(=O)Cn2ccc(=O)c3ccccc32)C1. The molecule has 0 unspecified atom stereocenters. The Labute approximate surface area is 123 Å². The Morgan fingerprint density at radius 2 is 2.10 bits per heavy atom. The van der Waals surface area contributed by atoms with Gasteiger partial charge in [-0.1, -0.05) is 12.1 Å². The van der Waals surface area contributed by atoms with Gasteiger partial charge in [0, 0.05) is 36.8 Å². The molecule has 0 spiro atoms. The third-order valence-corrected chi connectivity index (χ3v) is 4.00. The highest BCUT2D eigenvalue weighted by molar-refractivity contribution is 5.82. The van der Waals surface area contributed by atoms with Gasteiger partial charge in [0.05, 0.1) is 5.52 Å². The van der Waals surface area contributed by atoms with Gasteiger partial charge in [0.2, 0.25) is 5.91 Å². The number of hydrogen-bond donors (Lipinski definition) is 1. The molecule has 3 rings (SSSR count). The van der Waals surface area contributed by atoms with Gasteiger partial charge in [-0.25, -0.2) is 0 Å². The molecule has 1 atom stereocenters. The molecular weight excluding hydrogens is 266 g/mol. The van der Waals surface area contributed by atoms with Crippen molar-refractivity contribution in [2.45, 2.75) is 25.4 Å². The third kappa shape index (κ3) is 2.83. The van der Waals surface area contributed by atoms with Crippen molar-refractivity contribution >= 4 is 16.8 Å². The number of benzene rings is 1. The number of carbonyl (C=O) groups is 1. The Morgan fingerprint density at radius 3 is 2.90 bits per heavy atom. The number of carbonyl (C=O) groups excluding carboxylic acids is 1. The monoisotopic (exact) mass is 285 g/mol. The number of piperidine rings is 1. The lowest BCUT2D eigenvalue weighted by molar-refractivity contribution is -0.132. The second kappa shape index (κ2) is 5.69. The molecule has 0 radical (unpaired) electrons. The summed E-state index contributed by atoms with van der Waals surface area (Å²) in [6, 6.07) is 8.95. The number of amides is 1. The molecule has 1 fully saturated rings. The van der Waals surface area contributed by atoms with Gasteiger partial charge in [-0.3, -0.25) is 9.59 Å². The van der Waals surface area contributed by atoms with Crippen LogP contribution >= 0.6 is 0 Å². The molecule has 0 aliphatic carbocycles. The lowest BCUT2D eigenvalue weighted by atomic mass is 10.1. The standard InChI is InChI=1S/C16H19N3O2/c17-12-4-3-8-19(10-12)16(21)11-18-9-7-15(20)13-5-1-2-6-14(13)18/h1-2,5-7,9,12H,3-4,8,10-11,17H2/t12-/m1/s1. The number of likely N-dealkylation sites (tertiary alicyclic amines) is 1. The number of aromatic nitrogens is 1. The largest absolute Gasteiger partial charge is 0.340 e. The number of rotatable bonds is 2. The number of para-hydroxylation sites is 1. The van der Waals surface area contributed by atoms with Gasteiger partial charge in [-0.05, 0) is 25.0 Å². The van der Waals surface area contributed by atoms with E-state index in [0.29, 0.717) is 11.9 Å². The molecule has 2 aromatic rings. The Kier molecular flexibility index (Phi) is 3.75. The van der Waals surface area contributed by atoms with Gasteiger partial charge < -0.3 is 15.2 Å². The second-order valence-corrected chi connectivity index (χ2v) is 5.57. The van der Waals surface area contributed by atoms with Gasteiger partial charge in [0.25, 0.3) is 0 Å². The fourth-order valence-electron chi connectivity index (χ4n) is 2.88. The van der Waals surface area contributed by atoms with Crippen LogP contribution in [0.5, 0.6) is 0 Å². The zero-order valence-corrected chi connectivity index (χ0v) is 11.9. The Bertz CT molecular complexity index is 723. The van der Waals surface area contributed by atoms with Crippen molar-refractivity contribution in [1.29, 1.82) is 0 Å². The first-order chi connectivity index (χ1) is 10.1. The highest BCUT2D eigenvalue weighted by Crippen LogP contribution is 2.12. The van der Waals surface area contributed by atoms with Crippen LogP contribution in [0.15, 0.2) is 41.3 Å². The Morgan fingerprint density at radius 1 is 1.29 bits per heavy atom. The predicted molar refractivity (Wildman–Crippen MR) is 82.0 cm³/mol. The molecule has 21 heavy (non-hydrogen) atoms. The molecule has 5 nitrogen and oxygen atoms in total. The molecule has 110 valence electrons. The highest BCUT2D eigenvalue weighted by Gasteiger charge is 2.21. The van der Waals surface area contributed by atoms with Crippen molar-refractivity contribution in [1.82, 2.24) is 9.47 Å². The van der Waals surface area contributed by atoms with Crippen molar-refractivity contribution in [3.63, 3.8) is 0 Å². The topological polar surface area (TPSA) is 68.3 Å². The number of pyridine rings is 1. The van der Waals surface area contributed by atoms with Crippen LogP contribution in [0, 0.1) is 0 Å². The van der Waals surface area contributed by atoms with E-state index in [1.54, 1.807) is 12.3 Å². The van der Waals surface area contributed by atoms with Crippen molar-refractivity contribution in [3.05, 3.63) is 46.8 Å². The summed E-state index contributed by atoms with van der Waals surface area (Å²) in [7, 11) is 0. The maximum absolute atomic E-state index is 12.4. The molecule has 1 aliphatic heterocycles. The molecule has 2 N–H and O–H groups in total. The van der Waals surface area contributed by atoms with Crippen LogP contribution < -0.4 is 11.2 Å². The molecule has 0 bridgehead atoms. The zero-order chi connectivity index (χ0) is 14.8. The molecule has 5 heteroatoms. The van der Waals surface area contributed by atoms with E-state index in [9.17, 15) is 9.59 Å². The first-order valence-electron chi connectivity index (χ1n) is 7.27. The van der Waals surface area contributed by atoms with E-state index >= 15 is 0 Å². The van der Waals surface area contributed by atoms with Crippen LogP contribution in [0.3, 0.4) is 0 Å². The number of fused-ring (bicyclic) bond motifs is 1. The van der Waals surface area contributed by atoms with Crippen LogP contribution in [0.4, 0.5) is 0 Å². The van der Waals surface area contributed by atoms with Gasteiger partial charge in [0.15, 0.2) is 5.43 Å². The van der Waals surface area contributed by atoms with E-state index < -0.39 is 0 Å². The summed E-state index contributed by atoms with van der Waals surface area (Å²) in [4.78, 5) is 26.1. The van der Waals surface area contributed by atoms with Crippen LogP contribution in [-0.2, 0) is 11.3 Å². The smallest absolute Gasteiger partial charge is 0.242 e. The normalized spacial score (nSPS) is 18.9. The number of nitrogens with two attached hydrogens (primary N) is 1. The first kappa shape index (κ1) is 13.8. The van der Waals surface area contributed by atoms with Gasteiger partial charge in [0.1, 0.15) is 6.54 Å². The summed E-state index contributed by atoms with van der Waals surface area (Å²) in [6.45, 7) is 1.63. The minimum atomic E-state index is -0.0192. The molecular formula is C16H19N3O2. The summed E-state index contributed by atoms with van der Waals surface area (Å²) in [5, 5.41) is 0.642. The average Bonchev–Trinajstić information content (AvgIpc) is 2.50. The second-order valence-electron chi connectivity index (χ2n) is 5.57. The van der Waals surface area contributed by atoms with Crippen molar-refractivity contribution < 1.29 is 4.79 Å². The van der Waals surface area contributed by atoms with Gasteiger partial charge in [-0.15, -0.1) is 0 Å². The lowest BCUT2D eigenvalue weighted by Gasteiger charge is -2.31. The third-order valence-electron chi connectivity index (χ3n) is 4.00. The molecule has 1 aliphatic rings. The van der Waals surface area contributed by atoms with Crippen LogP contribution in [0.25, 0.3) is 10.9 Å². The molecule has 1 amide bonds. The van der Waals surface area contributed by atoms with Gasteiger partial charge >= 0.3 is 0 Å². The van der Waals surface area contributed by atoms with Crippen LogP contribution in [0.2, 0.25) is 0 Å². The minimum absolute atomic E-state index is 0.0192. The van der Waals surface area contributed by atoms with E-state index in [2.05, 4.69) is 0 Å². The van der Waals surface area contributed by atoms with Gasteiger partial charge in [-0.2, -0.15) is 0 Å². The quantitative estimate of drug-likeness (QED) is 0.893.